The van der Waals surface area contributed by atoms with E-state index in [0.29, 0.717) is 35.0 Å². The Balaban J connectivity index is 1.45. The van der Waals surface area contributed by atoms with Crippen LogP contribution < -0.4 is 24.8 Å². The van der Waals surface area contributed by atoms with Gasteiger partial charge in [-0.05, 0) is 54.1 Å². The predicted molar refractivity (Wildman–Crippen MR) is 118 cm³/mol. The highest BCUT2D eigenvalue weighted by Crippen LogP contribution is 2.27. The van der Waals surface area contributed by atoms with Crippen LogP contribution >= 0.6 is 0 Å². The maximum atomic E-state index is 12.2. The van der Waals surface area contributed by atoms with E-state index < -0.39 is 0 Å². The van der Waals surface area contributed by atoms with Gasteiger partial charge in [0.05, 0.1) is 14.2 Å². The minimum Gasteiger partial charge on any atom is -0.493 e. The van der Waals surface area contributed by atoms with E-state index in [2.05, 4.69) is 10.6 Å². The second-order valence-corrected chi connectivity index (χ2v) is 6.60. The lowest BCUT2D eigenvalue weighted by Gasteiger charge is -2.11. The van der Waals surface area contributed by atoms with E-state index in [0.717, 1.165) is 5.56 Å². The van der Waals surface area contributed by atoms with Crippen LogP contribution in [0.5, 0.6) is 17.2 Å². The lowest BCUT2D eigenvalue weighted by atomic mass is 10.2. The van der Waals surface area contributed by atoms with Crippen LogP contribution in [-0.2, 0) is 11.3 Å². The average molecular weight is 420 g/mol. The molecule has 3 aromatic carbocycles. The van der Waals surface area contributed by atoms with Crippen molar-refractivity contribution in [2.75, 3.05) is 26.1 Å². The molecule has 3 rings (SSSR count). The van der Waals surface area contributed by atoms with Crippen LogP contribution in [0, 0.1) is 0 Å². The molecule has 0 bridgehead atoms. The lowest BCUT2D eigenvalue weighted by Crippen LogP contribution is -2.28. The van der Waals surface area contributed by atoms with Crippen LogP contribution in [0.1, 0.15) is 15.9 Å². The first kappa shape index (κ1) is 21.7. The molecular formula is C24H24N2O5. The molecule has 0 aliphatic heterocycles. The van der Waals surface area contributed by atoms with E-state index >= 15 is 0 Å². The number of hydrogen-bond donors (Lipinski definition) is 2. The van der Waals surface area contributed by atoms with Crippen LogP contribution in [0.25, 0.3) is 0 Å². The molecular weight excluding hydrogens is 396 g/mol. The molecule has 0 unspecified atom stereocenters. The Morgan fingerprint density at radius 1 is 0.839 bits per heavy atom. The number of carbonyl (C=O) groups excluding carboxylic acids is 2. The molecule has 31 heavy (non-hydrogen) atoms. The molecule has 2 N–H and O–H groups in total. The number of methoxy groups -OCH3 is 2. The maximum Gasteiger partial charge on any atom is 0.258 e. The van der Waals surface area contributed by atoms with E-state index in [-0.39, 0.29) is 18.4 Å². The largest absolute Gasteiger partial charge is 0.493 e. The van der Waals surface area contributed by atoms with Crippen molar-refractivity contribution in [2.45, 2.75) is 6.54 Å². The van der Waals surface area contributed by atoms with E-state index in [9.17, 15) is 9.59 Å². The van der Waals surface area contributed by atoms with Gasteiger partial charge in [0, 0.05) is 17.8 Å². The summed E-state index contributed by atoms with van der Waals surface area (Å²) >= 11 is 0. The first-order valence-electron chi connectivity index (χ1n) is 9.66. The summed E-state index contributed by atoms with van der Waals surface area (Å²) < 4.78 is 16.0. The number of carbonyl (C=O) groups is 2. The summed E-state index contributed by atoms with van der Waals surface area (Å²) in [5, 5.41) is 5.61. The van der Waals surface area contributed by atoms with Gasteiger partial charge in [-0.1, -0.05) is 24.3 Å². The Kier molecular flexibility index (Phi) is 7.48. The predicted octanol–water partition coefficient (Wildman–Crippen LogP) is 3.65. The minimum atomic E-state index is -0.253. The number of benzene rings is 3. The highest BCUT2D eigenvalue weighted by Gasteiger charge is 2.08. The first-order chi connectivity index (χ1) is 15.1. The quantitative estimate of drug-likeness (QED) is 0.552. The molecule has 0 heterocycles. The van der Waals surface area contributed by atoms with E-state index in [1.165, 1.54) is 0 Å². The highest BCUT2D eigenvalue weighted by atomic mass is 16.5. The summed E-state index contributed by atoms with van der Waals surface area (Å²) in [7, 11) is 3.13. The molecule has 0 saturated carbocycles. The summed E-state index contributed by atoms with van der Waals surface area (Å²) in [5.74, 6) is 1.31. The fourth-order valence-electron chi connectivity index (χ4n) is 2.82. The third-order valence-corrected chi connectivity index (χ3v) is 4.46. The number of hydrogen-bond acceptors (Lipinski definition) is 5. The van der Waals surface area contributed by atoms with E-state index in [1.807, 2.05) is 30.3 Å². The maximum absolute atomic E-state index is 12.2. The van der Waals surface area contributed by atoms with Crippen LogP contribution in [0.4, 0.5) is 5.69 Å². The fourth-order valence-corrected chi connectivity index (χ4v) is 2.82. The van der Waals surface area contributed by atoms with E-state index in [4.69, 9.17) is 14.2 Å². The molecule has 0 aliphatic rings. The van der Waals surface area contributed by atoms with Crippen molar-refractivity contribution in [1.29, 1.82) is 0 Å². The minimum absolute atomic E-state index is 0.122. The van der Waals surface area contributed by atoms with Crippen LogP contribution in [0.3, 0.4) is 0 Å². The van der Waals surface area contributed by atoms with Crippen LogP contribution in [-0.4, -0.2) is 32.6 Å². The second-order valence-electron chi connectivity index (χ2n) is 6.60. The molecule has 7 nitrogen and oxygen atoms in total. The Hall–Kier alpha value is -4.00. The lowest BCUT2D eigenvalue weighted by molar-refractivity contribution is -0.123. The van der Waals surface area contributed by atoms with Crippen molar-refractivity contribution in [3.05, 3.63) is 83.9 Å². The number of anilines is 1. The summed E-state index contributed by atoms with van der Waals surface area (Å²) in [6, 6.07) is 21.2. The zero-order chi connectivity index (χ0) is 22.1. The van der Waals surface area contributed by atoms with Gasteiger partial charge in [-0.2, -0.15) is 0 Å². The zero-order valence-corrected chi connectivity index (χ0v) is 17.4. The highest BCUT2D eigenvalue weighted by molar-refractivity contribution is 6.04. The Morgan fingerprint density at radius 3 is 2.23 bits per heavy atom. The molecule has 2 amide bonds. The van der Waals surface area contributed by atoms with Crippen LogP contribution in [0.2, 0.25) is 0 Å². The van der Waals surface area contributed by atoms with E-state index in [1.54, 1.807) is 56.7 Å². The summed E-state index contributed by atoms with van der Waals surface area (Å²) in [4.78, 5) is 24.3. The number of amides is 2. The van der Waals surface area contributed by atoms with Gasteiger partial charge in [0.15, 0.2) is 18.1 Å². The molecule has 160 valence electrons. The number of rotatable bonds is 9. The van der Waals surface area contributed by atoms with Gasteiger partial charge in [0.25, 0.3) is 11.8 Å². The molecule has 0 atom stereocenters. The number of ether oxygens (including phenoxy) is 3. The number of nitrogens with one attached hydrogen (secondary N) is 2. The van der Waals surface area contributed by atoms with Crippen molar-refractivity contribution >= 4 is 17.5 Å². The summed E-state index contributed by atoms with van der Waals surface area (Å²) in [6.07, 6.45) is 0. The van der Waals surface area contributed by atoms with Gasteiger partial charge < -0.3 is 24.8 Å². The molecule has 0 saturated heterocycles. The van der Waals surface area contributed by atoms with Gasteiger partial charge in [-0.3, -0.25) is 9.59 Å². The summed E-state index contributed by atoms with van der Waals surface area (Å²) in [5.41, 5.74) is 2.09. The fraction of sp³-hybridized carbons (Fsp3) is 0.167. The Morgan fingerprint density at radius 2 is 1.55 bits per heavy atom. The Bertz CT molecular complexity index is 1020. The monoisotopic (exact) mass is 420 g/mol. The third-order valence-electron chi connectivity index (χ3n) is 4.46. The average Bonchev–Trinajstić information content (AvgIpc) is 2.82. The van der Waals surface area contributed by atoms with Gasteiger partial charge in [0.1, 0.15) is 5.75 Å². The van der Waals surface area contributed by atoms with Gasteiger partial charge in [-0.15, -0.1) is 0 Å². The molecule has 0 aromatic heterocycles. The van der Waals surface area contributed by atoms with Crippen molar-refractivity contribution in [3.8, 4) is 17.2 Å². The SMILES string of the molecule is COc1ccc(CNC(=O)COc2ccc(NC(=O)c3ccccc3)cc2)cc1OC. The normalized spacial score (nSPS) is 10.1. The summed E-state index contributed by atoms with van der Waals surface area (Å²) in [6.45, 7) is 0.218. The first-order valence-corrected chi connectivity index (χ1v) is 9.66. The molecule has 0 radical (unpaired) electrons. The standard InChI is InChI=1S/C24H24N2O5/c1-29-21-13-8-17(14-22(21)30-2)15-25-23(27)16-31-20-11-9-19(10-12-20)26-24(28)18-6-4-3-5-7-18/h3-14H,15-16H2,1-2H3,(H,25,27)(H,26,28). The molecule has 3 aromatic rings. The Labute approximate surface area is 180 Å². The van der Waals surface area contributed by atoms with Gasteiger partial charge in [0.2, 0.25) is 0 Å². The second kappa shape index (κ2) is 10.7. The van der Waals surface area contributed by atoms with Crippen LogP contribution in [0.15, 0.2) is 72.8 Å². The topological polar surface area (TPSA) is 85.9 Å². The molecule has 0 fully saturated rings. The van der Waals surface area contributed by atoms with Crippen molar-refractivity contribution in [1.82, 2.24) is 5.32 Å². The van der Waals surface area contributed by atoms with Crippen molar-refractivity contribution < 1.29 is 23.8 Å². The third kappa shape index (κ3) is 6.24. The smallest absolute Gasteiger partial charge is 0.258 e. The van der Waals surface area contributed by atoms with Gasteiger partial charge >= 0.3 is 0 Å². The molecule has 0 spiro atoms. The van der Waals surface area contributed by atoms with Crippen molar-refractivity contribution in [3.63, 3.8) is 0 Å². The molecule has 0 aliphatic carbocycles. The van der Waals surface area contributed by atoms with Gasteiger partial charge in [-0.25, -0.2) is 0 Å². The molecule has 7 heteroatoms. The zero-order valence-electron chi connectivity index (χ0n) is 17.4. The van der Waals surface area contributed by atoms with Crippen molar-refractivity contribution in [2.24, 2.45) is 0 Å².